The van der Waals surface area contributed by atoms with E-state index in [9.17, 15) is 14.4 Å². The van der Waals surface area contributed by atoms with E-state index in [1.54, 1.807) is 30.3 Å². The zero-order valence-corrected chi connectivity index (χ0v) is 15.6. The lowest BCUT2D eigenvalue weighted by Gasteiger charge is -2.29. The number of allylic oxidation sites excluding steroid dienone is 1. The zero-order chi connectivity index (χ0) is 19.3. The standard InChI is InChI=1S/C22H22O5/c1-11-9-15(23)17-12(2)10-16(26-22(25)14-7-5-4-6-8-14)19-13(3)21(24)27-20(19)18(11)17/h4-9,13,16,18-20H,10H2,1-3H3/t13-,16+,18-,19+,20-/m1/s1. The van der Waals surface area contributed by atoms with Crippen molar-refractivity contribution >= 4 is 17.7 Å². The van der Waals surface area contributed by atoms with Crippen molar-refractivity contribution in [2.45, 2.75) is 39.4 Å². The number of hydrogen-bond acceptors (Lipinski definition) is 5. The van der Waals surface area contributed by atoms with Crippen LogP contribution in [0.2, 0.25) is 0 Å². The third kappa shape index (κ3) is 2.82. The largest absolute Gasteiger partial charge is 0.461 e. The Labute approximate surface area is 158 Å². The molecular weight excluding hydrogens is 344 g/mol. The van der Waals surface area contributed by atoms with Crippen LogP contribution in [-0.4, -0.2) is 29.9 Å². The van der Waals surface area contributed by atoms with Gasteiger partial charge in [0.25, 0.3) is 0 Å². The van der Waals surface area contributed by atoms with Crippen molar-refractivity contribution in [3.63, 3.8) is 0 Å². The second-order valence-electron chi connectivity index (χ2n) is 7.71. The molecule has 2 aliphatic carbocycles. The first kappa shape index (κ1) is 17.7. The number of fused-ring (bicyclic) bond motifs is 3. The first-order valence-corrected chi connectivity index (χ1v) is 9.27. The summed E-state index contributed by atoms with van der Waals surface area (Å²) >= 11 is 0. The molecule has 5 atom stereocenters. The second-order valence-corrected chi connectivity index (χ2v) is 7.71. The van der Waals surface area contributed by atoms with Crippen LogP contribution < -0.4 is 0 Å². The van der Waals surface area contributed by atoms with E-state index in [0.29, 0.717) is 17.6 Å². The molecule has 4 rings (SSSR count). The summed E-state index contributed by atoms with van der Waals surface area (Å²) in [6.07, 6.45) is 1.08. The summed E-state index contributed by atoms with van der Waals surface area (Å²) in [4.78, 5) is 37.5. The lowest BCUT2D eigenvalue weighted by molar-refractivity contribution is -0.144. The minimum absolute atomic E-state index is 0.0283. The van der Waals surface area contributed by atoms with Crippen LogP contribution >= 0.6 is 0 Å². The van der Waals surface area contributed by atoms with Crippen LogP contribution in [-0.2, 0) is 19.1 Å². The van der Waals surface area contributed by atoms with Gasteiger partial charge in [-0.15, -0.1) is 0 Å². The predicted octanol–water partition coefficient (Wildman–Crippen LogP) is 3.26. The van der Waals surface area contributed by atoms with Crippen molar-refractivity contribution in [1.82, 2.24) is 0 Å². The predicted molar refractivity (Wildman–Crippen MR) is 97.8 cm³/mol. The molecule has 1 saturated heterocycles. The molecule has 27 heavy (non-hydrogen) atoms. The van der Waals surface area contributed by atoms with Crippen LogP contribution in [0.1, 0.15) is 37.6 Å². The number of carbonyl (C=O) groups is 3. The quantitative estimate of drug-likeness (QED) is 0.752. The molecule has 0 amide bonds. The van der Waals surface area contributed by atoms with Gasteiger partial charge in [0.2, 0.25) is 0 Å². The SMILES string of the molecule is CC1=CC(=O)C2=C(C)C[C@H](OC(=O)c3ccccc3)[C@H]3[C@H](OC(=O)[C@@H]3C)[C@H]12. The molecule has 5 heteroatoms. The number of ether oxygens (including phenoxy) is 2. The highest BCUT2D eigenvalue weighted by molar-refractivity contribution is 6.09. The summed E-state index contributed by atoms with van der Waals surface area (Å²) in [5.74, 6) is -1.65. The van der Waals surface area contributed by atoms with Gasteiger partial charge in [-0.1, -0.05) is 36.3 Å². The van der Waals surface area contributed by atoms with Crippen LogP contribution in [0.5, 0.6) is 0 Å². The fourth-order valence-corrected chi connectivity index (χ4v) is 4.69. The maximum absolute atomic E-state index is 12.6. The summed E-state index contributed by atoms with van der Waals surface area (Å²) in [6, 6.07) is 8.80. The number of ketones is 1. The first-order valence-electron chi connectivity index (χ1n) is 9.27. The minimum Gasteiger partial charge on any atom is -0.461 e. The molecule has 0 unspecified atom stereocenters. The Kier molecular flexibility index (Phi) is 4.25. The molecular formula is C22H22O5. The maximum Gasteiger partial charge on any atom is 0.338 e. The van der Waals surface area contributed by atoms with Crippen molar-refractivity contribution in [3.8, 4) is 0 Å². The fraction of sp³-hybridized carbons (Fsp3) is 0.409. The molecule has 1 aromatic rings. The summed E-state index contributed by atoms with van der Waals surface area (Å²) in [6.45, 7) is 5.61. The molecule has 0 aromatic heterocycles. The van der Waals surface area contributed by atoms with Crippen LogP contribution in [0.4, 0.5) is 0 Å². The molecule has 0 saturated carbocycles. The van der Waals surface area contributed by atoms with E-state index in [4.69, 9.17) is 9.47 Å². The highest BCUT2D eigenvalue weighted by atomic mass is 16.6. The molecule has 0 radical (unpaired) electrons. The number of rotatable bonds is 2. The monoisotopic (exact) mass is 366 g/mol. The van der Waals surface area contributed by atoms with Crippen LogP contribution in [0.15, 0.2) is 53.1 Å². The Hall–Kier alpha value is -2.69. The third-order valence-electron chi connectivity index (χ3n) is 6.00. The Balaban J connectivity index is 1.71. The van der Waals surface area contributed by atoms with Crippen molar-refractivity contribution in [2.75, 3.05) is 0 Å². The highest BCUT2D eigenvalue weighted by Gasteiger charge is 2.55. The summed E-state index contributed by atoms with van der Waals surface area (Å²) in [5, 5.41) is 0. The molecule has 5 nitrogen and oxygen atoms in total. The van der Waals surface area contributed by atoms with E-state index in [1.807, 2.05) is 26.8 Å². The van der Waals surface area contributed by atoms with Crippen molar-refractivity contribution < 1.29 is 23.9 Å². The van der Waals surface area contributed by atoms with E-state index in [2.05, 4.69) is 0 Å². The van der Waals surface area contributed by atoms with Gasteiger partial charge < -0.3 is 9.47 Å². The lowest BCUT2D eigenvalue weighted by Crippen LogP contribution is -2.38. The van der Waals surface area contributed by atoms with E-state index >= 15 is 0 Å². The normalized spacial score (nSPS) is 32.4. The fourth-order valence-electron chi connectivity index (χ4n) is 4.69. The van der Waals surface area contributed by atoms with Crippen LogP contribution in [0.25, 0.3) is 0 Å². The van der Waals surface area contributed by atoms with Gasteiger partial charge in [0, 0.05) is 23.8 Å². The van der Waals surface area contributed by atoms with Gasteiger partial charge in [-0.2, -0.15) is 0 Å². The smallest absolute Gasteiger partial charge is 0.338 e. The average Bonchev–Trinajstić information content (AvgIpc) is 3.05. The van der Waals surface area contributed by atoms with Gasteiger partial charge in [0.15, 0.2) is 5.78 Å². The van der Waals surface area contributed by atoms with Crippen molar-refractivity contribution in [1.29, 1.82) is 0 Å². The second kappa shape index (κ2) is 6.48. The van der Waals surface area contributed by atoms with E-state index in [-0.39, 0.29) is 29.5 Å². The Morgan fingerprint density at radius 2 is 1.85 bits per heavy atom. The van der Waals surface area contributed by atoms with Gasteiger partial charge in [0.1, 0.15) is 12.2 Å². The zero-order valence-electron chi connectivity index (χ0n) is 15.6. The van der Waals surface area contributed by atoms with Gasteiger partial charge in [-0.05, 0) is 32.1 Å². The molecule has 0 N–H and O–H groups in total. The molecule has 3 aliphatic rings. The molecule has 1 aromatic carbocycles. The van der Waals surface area contributed by atoms with Crippen LogP contribution in [0.3, 0.4) is 0 Å². The van der Waals surface area contributed by atoms with Gasteiger partial charge >= 0.3 is 11.9 Å². The number of hydrogen-bond donors (Lipinski definition) is 0. The Morgan fingerprint density at radius 3 is 2.56 bits per heavy atom. The number of esters is 2. The minimum atomic E-state index is -0.511. The van der Waals surface area contributed by atoms with E-state index in [0.717, 1.165) is 11.1 Å². The van der Waals surface area contributed by atoms with E-state index in [1.165, 1.54) is 0 Å². The molecule has 140 valence electrons. The lowest BCUT2D eigenvalue weighted by atomic mass is 9.79. The van der Waals surface area contributed by atoms with Gasteiger partial charge in [0.05, 0.1) is 11.5 Å². The van der Waals surface area contributed by atoms with Crippen LogP contribution in [0, 0.1) is 17.8 Å². The molecule has 1 heterocycles. The summed E-state index contributed by atoms with van der Waals surface area (Å²) in [7, 11) is 0. The van der Waals surface area contributed by atoms with Gasteiger partial charge in [-0.25, -0.2) is 4.79 Å². The molecule has 1 fully saturated rings. The Morgan fingerprint density at radius 1 is 1.15 bits per heavy atom. The highest BCUT2D eigenvalue weighted by Crippen LogP contribution is 2.48. The molecule has 1 aliphatic heterocycles. The molecule has 0 spiro atoms. The molecule has 0 bridgehead atoms. The first-order chi connectivity index (χ1) is 12.9. The van der Waals surface area contributed by atoms with Gasteiger partial charge in [-0.3, -0.25) is 9.59 Å². The van der Waals surface area contributed by atoms with Crippen molar-refractivity contribution in [3.05, 3.63) is 58.7 Å². The summed E-state index contributed by atoms with van der Waals surface area (Å²) < 4.78 is 11.6. The van der Waals surface area contributed by atoms with E-state index < -0.39 is 18.2 Å². The topological polar surface area (TPSA) is 69.7 Å². The number of benzene rings is 1. The van der Waals surface area contributed by atoms with Crippen molar-refractivity contribution in [2.24, 2.45) is 17.8 Å². The average molecular weight is 366 g/mol. The third-order valence-corrected chi connectivity index (χ3v) is 6.00. The number of carbonyl (C=O) groups excluding carboxylic acids is 3. The Bertz CT molecular complexity index is 879. The maximum atomic E-state index is 12.6. The summed E-state index contributed by atoms with van der Waals surface area (Å²) in [5.41, 5.74) is 2.97.